The zero-order chi connectivity index (χ0) is 17.1. The molecule has 3 aromatic rings. The quantitative estimate of drug-likeness (QED) is 0.676. The molecule has 25 heavy (non-hydrogen) atoms. The molecule has 0 spiro atoms. The standard InChI is InChI=1S/C16H14N4O4S/c21-14(17-10-3-4-11-13(8-10)24-7-6-23-11)9-25-16-18-15(19-20-16)12-2-1-5-22-12/h1-5,8H,6-7,9H2,(H,17,21)(H,18,19,20). The van der Waals surface area contributed by atoms with Gasteiger partial charge < -0.3 is 19.2 Å². The Labute approximate surface area is 146 Å². The van der Waals surface area contributed by atoms with Crippen LogP contribution in [0.15, 0.2) is 46.2 Å². The lowest BCUT2D eigenvalue weighted by Crippen LogP contribution is -2.17. The molecule has 1 aromatic carbocycles. The van der Waals surface area contributed by atoms with Crippen LogP contribution in [0, 0.1) is 0 Å². The van der Waals surface area contributed by atoms with Crippen LogP contribution in [-0.2, 0) is 4.79 Å². The summed E-state index contributed by atoms with van der Waals surface area (Å²) in [5, 5.41) is 10.1. The molecule has 0 atom stereocenters. The number of hydrogen-bond acceptors (Lipinski definition) is 7. The van der Waals surface area contributed by atoms with E-state index < -0.39 is 0 Å². The number of aromatic nitrogens is 3. The SMILES string of the molecule is O=C(CSc1n[nH]c(-c2ccco2)n1)Nc1ccc2c(c1)OCCO2. The number of hydrogen-bond donors (Lipinski definition) is 2. The smallest absolute Gasteiger partial charge is 0.234 e. The summed E-state index contributed by atoms with van der Waals surface area (Å²) in [6.45, 7) is 1.04. The van der Waals surface area contributed by atoms with Crippen LogP contribution in [-0.4, -0.2) is 40.1 Å². The zero-order valence-corrected chi connectivity index (χ0v) is 13.8. The summed E-state index contributed by atoms with van der Waals surface area (Å²) < 4.78 is 16.2. The highest BCUT2D eigenvalue weighted by Crippen LogP contribution is 2.32. The lowest BCUT2D eigenvalue weighted by molar-refractivity contribution is -0.113. The number of benzene rings is 1. The van der Waals surface area contributed by atoms with Gasteiger partial charge in [-0.15, -0.1) is 5.10 Å². The Bertz CT molecular complexity index is 878. The fraction of sp³-hybridized carbons (Fsp3) is 0.188. The van der Waals surface area contributed by atoms with Crippen molar-refractivity contribution >= 4 is 23.4 Å². The first-order chi connectivity index (χ1) is 12.3. The summed E-state index contributed by atoms with van der Waals surface area (Å²) in [5.41, 5.74) is 0.654. The fourth-order valence-corrected chi connectivity index (χ4v) is 2.88. The number of nitrogens with one attached hydrogen (secondary N) is 2. The number of carbonyl (C=O) groups excluding carboxylic acids is 1. The third kappa shape index (κ3) is 3.61. The number of nitrogens with zero attached hydrogens (tertiary/aromatic N) is 2. The second kappa shape index (κ2) is 6.89. The number of aromatic amines is 1. The summed E-state index contributed by atoms with van der Waals surface area (Å²) in [7, 11) is 0. The minimum Gasteiger partial charge on any atom is -0.486 e. The molecular formula is C16H14N4O4S. The van der Waals surface area contributed by atoms with Gasteiger partial charge in [-0.05, 0) is 24.3 Å². The summed E-state index contributed by atoms with van der Waals surface area (Å²) >= 11 is 1.23. The van der Waals surface area contributed by atoms with Crippen molar-refractivity contribution in [2.24, 2.45) is 0 Å². The molecule has 0 saturated heterocycles. The molecule has 2 aromatic heterocycles. The van der Waals surface area contributed by atoms with Crippen molar-refractivity contribution in [3.63, 3.8) is 0 Å². The van der Waals surface area contributed by atoms with Crippen LogP contribution in [0.2, 0.25) is 0 Å². The van der Waals surface area contributed by atoms with E-state index in [9.17, 15) is 4.79 Å². The summed E-state index contributed by atoms with van der Waals surface area (Å²) in [5.74, 6) is 2.47. The Balaban J connectivity index is 1.33. The minimum absolute atomic E-state index is 0.161. The van der Waals surface area contributed by atoms with E-state index in [1.807, 2.05) is 0 Å². The number of carbonyl (C=O) groups is 1. The second-order valence-electron chi connectivity index (χ2n) is 5.14. The van der Waals surface area contributed by atoms with Crippen molar-refractivity contribution in [2.45, 2.75) is 5.16 Å². The number of anilines is 1. The molecule has 1 aliphatic heterocycles. The second-order valence-corrected chi connectivity index (χ2v) is 6.08. The van der Waals surface area contributed by atoms with Gasteiger partial charge in [0.2, 0.25) is 11.1 Å². The van der Waals surface area contributed by atoms with Gasteiger partial charge in [0.15, 0.2) is 23.1 Å². The molecule has 0 radical (unpaired) electrons. The number of amides is 1. The Hall–Kier alpha value is -2.94. The maximum absolute atomic E-state index is 12.1. The van der Waals surface area contributed by atoms with Crippen LogP contribution in [0.1, 0.15) is 0 Å². The van der Waals surface area contributed by atoms with Crippen LogP contribution in [0.25, 0.3) is 11.6 Å². The van der Waals surface area contributed by atoms with Crippen molar-refractivity contribution in [3.05, 3.63) is 36.6 Å². The monoisotopic (exact) mass is 358 g/mol. The first-order valence-corrected chi connectivity index (χ1v) is 8.55. The molecule has 0 saturated carbocycles. The Morgan fingerprint density at radius 1 is 1.24 bits per heavy atom. The van der Waals surface area contributed by atoms with Crippen LogP contribution < -0.4 is 14.8 Å². The van der Waals surface area contributed by atoms with Gasteiger partial charge in [0, 0.05) is 11.8 Å². The van der Waals surface area contributed by atoms with Gasteiger partial charge in [0.1, 0.15) is 13.2 Å². The number of thioether (sulfide) groups is 1. The number of fused-ring (bicyclic) bond motifs is 1. The highest BCUT2D eigenvalue weighted by molar-refractivity contribution is 7.99. The zero-order valence-electron chi connectivity index (χ0n) is 13.0. The van der Waals surface area contributed by atoms with Gasteiger partial charge in [-0.3, -0.25) is 9.89 Å². The average Bonchev–Trinajstić information content (AvgIpc) is 3.31. The third-order valence-electron chi connectivity index (χ3n) is 3.38. The highest BCUT2D eigenvalue weighted by atomic mass is 32.2. The Morgan fingerprint density at radius 2 is 2.12 bits per heavy atom. The Kier molecular flexibility index (Phi) is 4.30. The lowest BCUT2D eigenvalue weighted by atomic mass is 10.2. The van der Waals surface area contributed by atoms with E-state index in [-0.39, 0.29) is 11.7 Å². The van der Waals surface area contributed by atoms with Gasteiger partial charge >= 0.3 is 0 Å². The van der Waals surface area contributed by atoms with E-state index in [2.05, 4.69) is 20.5 Å². The molecule has 0 bridgehead atoms. The first-order valence-electron chi connectivity index (χ1n) is 7.56. The maximum Gasteiger partial charge on any atom is 0.234 e. The van der Waals surface area contributed by atoms with Gasteiger partial charge in [0.25, 0.3) is 0 Å². The molecule has 0 fully saturated rings. The van der Waals surface area contributed by atoms with Crippen LogP contribution >= 0.6 is 11.8 Å². The van der Waals surface area contributed by atoms with Crippen LogP contribution in [0.3, 0.4) is 0 Å². The van der Waals surface area contributed by atoms with Gasteiger partial charge in [-0.1, -0.05) is 11.8 Å². The molecular weight excluding hydrogens is 344 g/mol. The molecule has 3 heterocycles. The van der Waals surface area contributed by atoms with Crippen molar-refractivity contribution in [1.82, 2.24) is 15.2 Å². The number of H-pyrrole nitrogens is 1. The van der Waals surface area contributed by atoms with E-state index in [1.54, 1.807) is 36.6 Å². The van der Waals surface area contributed by atoms with Gasteiger partial charge in [-0.2, -0.15) is 4.98 Å². The van der Waals surface area contributed by atoms with E-state index in [4.69, 9.17) is 13.9 Å². The summed E-state index contributed by atoms with van der Waals surface area (Å²) in [6.07, 6.45) is 1.56. The first kappa shape index (κ1) is 15.6. The van der Waals surface area contributed by atoms with Crippen molar-refractivity contribution in [3.8, 4) is 23.1 Å². The summed E-state index contributed by atoms with van der Waals surface area (Å²) in [6, 6.07) is 8.86. The van der Waals surface area contributed by atoms with Crippen molar-refractivity contribution in [2.75, 3.05) is 24.3 Å². The van der Waals surface area contributed by atoms with Crippen LogP contribution in [0.5, 0.6) is 11.5 Å². The third-order valence-corrected chi connectivity index (χ3v) is 4.23. The minimum atomic E-state index is -0.161. The molecule has 0 aliphatic carbocycles. The van der Waals surface area contributed by atoms with E-state index in [0.717, 1.165) is 0 Å². The number of ether oxygens (including phenoxy) is 2. The van der Waals surface area contributed by atoms with E-state index in [0.29, 0.717) is 47.1 Å². The van der Waals surface area contributed by atoms with Gasteiger partial charge in [0.05, 0.1) is 12.0 Å². The predicted octanol–water partition coefficient (Wildman–Crippen LogP) is 2.57. The van der Waals surface area contributed by atoms with E-state index in [1.165, 1.54) is 11.8 Å². The molecule has 0 unspecified atom stereocenters. The molecule has 1 amide bonds. The predicted molar refractivity (Wildman–Crippen MR) is 90.9 cm³/mol. The van der Waals surface area contributed by atoms with Gasteiger partial charge in [-0.25, -0.2) is 0 Å². The molecule has 2 N–H and O–H groups in total. The number of rotatable bonds is 5. The molecule has 1 aliphatic rings. The molecule has 4 rings (SSSR count). The fourth-order valence-electron chi connectivity index (χ4n) is 2.28. The molecule has 9 heteroatoms. The lowest BCUT2D eigenvalue weighted by Gasteiger charge is -2.18. The van der Waals surface area contributed by atoms with Crippen molar-refractivity contribution < 1.29 is 18.7 Å². The normalized spacial score (nSPS) is 12.8. The largest absolute Gasteiger partial charge is 0.486 e. The van der Waals surface area contributed by atoms with Crippen LogP contribution in [0.4, 0.5) is 5.69 Å². The topological polar surface area (TPSA) is 102 Å². The van der Waals surface area contributed by atoms with E-state index >= 15 is 0 Å². The average molecular weight is 358 g/mol. The highest BCUT2D eigenvalue weighted by Gasteiger charge is 2.14. The number of furan rings is 1. The Morgan fingerprint density at radius 3 is 2.96 bits per heavy atom. The summed E-state index contributed by atoms with van der Waals surface area (Å²) in [4.78, 5) is 16.4. The maximum atomic E-state index is 12.1. The molecule has 8 nitrogen and oxygen atoms in total. The molecule has 128 valence electrons. The van der Waals surface area contributed by atoms with Crippen molar-refractivity contribution in [1.29, 1.82) is 0 Å².